The summed E-state index contributed by atoms with van der Waals surface area (Å²) in [5.41, 5.74) is 3.26. The van der Waals surface area contributed by atoms with E-state index in [1.807, 2.05) is 37.3 Å². The van der Waals surface area contributed by atoms with Crippen molar-refractivity contribution in [3.8, 4) is 16.9 Å². The molecule has 1 amide bonds. The Morgan fingerprint density at radius 3 is 2.61 bits per heavy atom. The number of nitrogens with one attached hydrogen (secondary N) is 1. The van der Waals surface area contributed by atoms with Gasteiger partial charge in [0, 0.05) is 42.1 Å². The zero-order chi connectivity index (χ0) is 26.6. The summed E-state index contributed by atoms with van der Waals surface area (Å²) in [6.07, 6.45) is 2.82. The summed E-state index contributed by atoms with van der Waals surface area (Å²) in [7, 11) is 0. The fourth-order valence-corrected chi connectivity index (χ4v) is 4.25. The highest BCUT2D eigenvalue weighted by Crippen LogP contribution is 2.27. The average Bonchev–Trinajstić information content (AvgIpc) is 3.54. The second-order valence-corrected chi connectivity index (χ2v) is 9.15. The number of aromatic nitrogens is 3. The molecule has 8 nitrogen and oxygen atoms in total. The number of amides is 1. The molecule has 3 heterocycles. The number of halogens is 2. The number of para-hydroxylation sites is 1. The van der Waals surface area contributed by atoms with Crippen molar-refractivity contribution >= 4 is 40.5 Å². The Kier molecular flexibility index (Phi) is 7.19. The van der Waals surface area contributed by atoms with Crippen LogP contribution in [0.5, 0.6) is 0 Å². The van der Waals surface area contributed by atoms with Gasteiger partial charge in [-0.15, -0.1) is 0 Å². The van der Waals surface area contributed by atoms with Gasteiger partial charge in [-0.25, -0.2) is 9.07 Å². The Bertz CT molecular complexity index is 1600. The molecule has 0 spiro atoms. The molecule has 0 bridgehead atoms. The van der Waals surface area contributed by atoms with Gasteiger partial charge in [0.25, 0.3) is 5.91 Å². The summed E-state index contributed by atoms with van der Waals surface area (Å²) in [4.78, 5) is 30.4. The lowest BCUT2D eigenvalue weighted by atomic mass is 10.1. The van der Waals surface area contributed by atoms with Gasteiger partial charge in [-0.3, -0.25) is 14.6 Å². The van der Waals surface area contributed by atoms with Gasteiger partial charge in [0.15, 0.2) is 5.78 Å². The third-order valence-corrected chi connectivity index (χ3v) is 6.27. The summed E-state index contributed by atoms with van der Waals surface area (Å²) >= 11 is 6.34. The number of nitrogens with zero attached hydrogens (tertiary/aromatic N) is 5. The molecular weight excluding hydrogens is 507 g/mol. The summed E-state index contributed by atoms with van der Waals surface area (Å²) in [5, 5.41) is 15.6. The first-order valence-corrected chi connectivity index (χ1v) is 12.3. The second kappa shape index (κ2) is 10.9. The lowest BCUT2D eigenvalue weighted by Crippen LogP contribution is -2.15. The maximum atomic E-state index is 14.3. The first-order chi connectivity index (χ1) is 18.4. The van der Waals surface area contributed by atoms with Gasteiger partial charge in [0.2, 0.25) is 0 Å². The molecule has 0 unspecified atom stereocenters. The number of hydrogen-bond donors (Lipinski definition) is 1. The van der Waals surface area contributed by atoms with Crippen LogP contribution in [0.25, 0.3) is 16.9 Å². The molecule has 0 atom stereocenters. The van der Waals surface area contributed by atoms with Crippen LogP contribution in [0, 0.1) is 5.82 Å². The van der Waals surface area contributed by atoms with E-state index in [4.69, 9.17) is 11.6 Å². The largest absolute Gasteiger partial charge is 0.306 e. The molecule has 0 radical (unpaired) electrons. The molecule has 38 heavy (non-hydrogen) atoms. The van der Waals surface area contributed by atoms with Crippen LogP contribution in [0.15, 0.2) is 83.1 Å². The van der Waals surface area contributed by atoms with E-state index < -0.39 is 11.7 Å². The van der Waals surface area contributed by atoms with Crippen LogP contribution >= 0.6 is 11.6 Å². The Balaban J connectivity index is 1.42. The molecule has 190 valence electrons. The topological polar surface area (TPSA) is 102 Å². The fourth-order valence-electron chi connectivity index (χ4n) is 4.05. The number of carbonyl (C=O) groups excluding carboxylic acids is 2. The number of hydrogen-bond acceptors (Lipinski definition) is 6. The van der Waals surface area contributed by atoms with Gasteiger partial charge in [-0.1, -0.05) is 35.9 Å². The van der Waals surface area contributed by atoms with Crippen molar-refractivity contribution in [3.63, 3.8) is 0 Å². The van der Waals surface area contributed by atoms with Crippen molar-refractivity contribution in [3.05, 3.63) is 95.0 Å². The van der Waals surface area contributed by atoms with E-state index in [1.54, 1.807) is 6.07 Å². The predicted molar refractivity (Wildman–Crippen MR) is 145 cm³/mol. The molecule has 4 aromatic rings. The van der Waals surface area contributed by atoms with Crippen LogP contribution in [0.3, 0.4) is 0 Å². The summed E-state index contributed by atoms with van der Waals surface area (Å²) in [5.74, 6) is -0.963. The minimum atomic E-state index is -0.544. The summed E-state index contributed by atoms with van der Waals surface area (Å²) in [6.45, 7) is 1.89. The maximum absolute atomic E-state index is 14.3. The number of rotatable bonds is 8. The molecule has 5 rings (SSSR count). The average molecular weight is 529 g/mol. The molecule has 0 saturated carbocycles. The Morgan fingerprint density at radius 1 is 1.05 bits per heavy atom. The molecule has 1 aliphatic heterocycles. The van der Waals surface area contributed by atoms with Crippen molar-refractivity contribution < 1.29 is 14.0 Å². The third-order valence-electron chi connectivity index (χ3n) is 5.94. The standard InChI is InChI=1S/C28H22ClFN6O2/c1-17-14-19(34-33-17)10-12-25(37)24-16-26(36(35-24)20-6-3-2-4-7-20)32-28(38)21-15-18(9-11-22(21)29)27-23(30)8-5-13-31-27/h2-9,11,13,15-16H,10,12,14H2,1H3,(H,32,38). The Morgan fingerprint density at radius 2 is 1.87 bits per heavy atom. The molecule has 1 N–H and O–H groups in total. The number of Topliss-reactive ketones (excluding diaryl/α,β-unsaturated/α-hetero) is 1. The van der Waals surface area contributed by atoms with E-state index in [1.165, 1.54) is 41.2 Å². The molecule has 1 aliphatic rings. The van der Waals surface area contributed by atoms with E-state index in [0.29, 0.717) is 24.1 Å². The number of benzene rings is 2. The van der Waals surface area contributed by atoms with Crippen molar-refractivity contribution in [1.82, 2.24) is 14.8 Å². The third kappa shape index (κ3) is 5.42. The van der Waals surface area contributed by atoms with Gasteiger partial charge in [-0.2, -0.15) is 15.3 Å². The lowest BCUT2D eigenvalue weighted by Gasteiger charge is -2.11. The molecule has 2 aromatic carbocycles. The SMILES string of the molecule is CC1=NN=C(CCC(=O)c2cc(NC(=O)c3cc(-c4ncccc4F)ccc3Cl)n(-c3ccccc3)n2)C1. The van der Waals surface area contributed by atoms with Crippen LogP contribution in [0.2, 0.25) is 5.02 Å². The Hall–Kier alpha value is -4.50. The van der Waals surface area contributed by atoms with Crippen LogP contribution in [0.1, 0.15) is 47.0 Å². The van der Waals surface area contributed by atoms with E-state index >= 15 is 0 Å². The highest BCUT2D eigenvalue weighted by molar-refractivity contribution is 6.34. The molecular formula is C28H22ClFN6O2. The zero-order valence-electron chi connectivity index (χ0n) is 20.4. The molecule has 10 heteroatoms. The van der Waals surface area contributed by atoms with Gasteiger partial charge >= 0.3 is 0 Å². The predicted octanol–water partition coefficient (Wildman–Crippen LogP) is 6.16. The molecule has 0 aliphatic carbocycles. The van der Waals surface area contributed by atoms with Crippen LogP contribution in [-0.4, -0.2) is 37.9 Å². The quantitative estimate of drug-likeness (QED) is 0.276. The van der Waals surface area contributed by atoms with Gasteiger partial charge in [0.05, 0.1) is 16.3 Å². The monoisotopic (exact) mass is 528 g/mol. The van der Waals surface area contributed by atoms with Crippen molar-refractivity contribution in [2.24, 2.45) is 10.2 Å². The van der Waals surface area contributed by atoms with E-state index in [9.17, 15) is 14.0 Å². The van der Waals surface area contributed by atoms with Gasteiger partial charge in [0.1, 0.15) is 23.0 Å². The van der Waals surface area contributed by atoms with E-state index in [-0.39, 0.29) is 40.0 Å². The minimum Gasteiger partial charge on any atom is -0.306 e. The molecule has 0 fully saturated rings. The Labute approximate surface area is 222 Å². The maximum Gasteiger partial charge on any atom is 0.258 e. The number of ketones is 1. The van der Waals surface area contributed by atoms with Crippen LogP contribution < -0.4 is 5.32 Å². The molecule has 0 saturated heterocycles. The lowest BCUT2D eigenvalue weighted by molar-refractivity contribution is 0.0978. The van der Waals surface area contributed by atoms with Gasteiger partial charge < -0.3 is 5.32 Å². The smallest absolute Gasteiger partial charge is 0.258 e. The minimum absolute atomic E-state index is 0.105. The van der Waals surface area contributed by atoms with Crippen LogP contribution in [0.4, 0.5) is 10.2 Å². The first kappa shape index (κ1) is 25.2. The van der Waals surface area contributed by atoms with Gasteiger partial charge in [-0.05, 0) is 49.7 Å². The van der Waals surface area contributed by atoms with E-state index in [0.717, 1.165) is 11.4 Å². The fraction of sp³-hybridized carbons (Fsp3) is 0.143. The number of carbonyl (C=O) groups is 2. The molecule has 2 aromatic heterocycles. The van der Waals surface area contributed by atoms with Crippen molar-refractivity contribution in [2.75, 3.05) is 5.32 Å². The number of pyridine rings is 1. The zero-order valence-corrected chi connectivity index (χ0v) is 21.1. The summed E-state index contributed by atoms with van der Waals surface area (Å²) in [6, 6.07) is 18.0. The van der Waals surface area contributed by atoms with Crippen molar-refractivity contribution in [1.29, 1.82) is 0 Å². The highest BCUT2D eigenvalue weighted by atomic mass is 35.5. The second-order valence-electron chi connectivity index (χ2n) is 8.75. The normalized spacial score (nSPS) is 12.7. The first-order valence-electron chi connectivity index (χ1n) is 11.9. The van der Waals surface area contributed by atoms with E-state index in [2.05, 4.69) is 25.6 Å². The summed E-state index contributed by atoms with van der Waals surface area (Å²) < 4.78 is 15.8. The van der Waals surface area contributed by atoms with Crippen molar-refractivity contribution in [2.45, 2.75) is 26.2 Å². The number of anilines is 1. The highest BCUT2D eigenvalue weighted by Gasteiger charge is 2.21. The van der Waals surface area contributed by atoms with Crippen LogP contribution in [-0.2, 0) is 0 Å².